The van der Waals surface area contributed by atoms with Gasteiger partial charge in [-0.15, -0.1) is 0 Å². The van der Waals surface area contributed by atoms with Gasteiger partial charge in [0.1, 0.15) is 6.04 Å². The number of carbonyl (C=O) groups excluding carboxylic acids is 5. The highest BCUT2D eigenvalue weighted by Crippen LogP contribution is 2.31. The second kappa shape index (κ2) is 20.7. The molecule has 2 N–H and O–H groups in total. The number of carbonyl (C=O) groups is 5. The van der Waals surface area contributed by atoms with Gasteiger partial charge in [-0.05, 0) is 91.9 Å². The van der Waals surface area contributed by atoms with Crippen LogP contribution >= 0.6 is 0 Å². The molecular formula is C43H74N6O7. The zero-order valence-corrected chi connectivity index (χ0v) is 37.3. The maximum Gasteiger partial charge on any atom is 0.246 e. The summed E-state index contributed by atoms with van der Waals surface area (Å²) in [5, 5.41) is 5.85. The minimum absolute atomic E-state index is 0.0129. The third kappa shape index (κ3) is 11.8. The minimum atomic E-state index is -0.833. The summed E-state index contributed by atoms with van der Waals surface area (Å²) in [7, 11) is 8.47. The summed E-state index contributed by atoms with van der Waals surface area (Å²) in [4.78, 5) is 75.9. The molecule has 13 nitrogen and oxygen atoms in total. The molecule has 0 radical (unpaired) electrons. The Morgan fingerprint density at radius 1 is 0.946 bits per heavy atom. The monoisotopic (exact) mass is 787 g/mol. The average Bonchev–Trinajstić information content (AvgIpc) is 3.61. The molecular weight excluding hydrogens is 713 g/mol. The molecule has 2 rings (SSSR count). The van der Waals surface area contributed by atoms with Gasteiger partial charge in [0.25, 0.3) is 0 Å². The number of aryl methyl sites for hydroxylation is 1. The highest BCUT2D eigenvalue weighted by molar-refractivity contribution is 5.98. The Morgan fingerprint density at radius 3 is 2.05 bits per heavy atom. The Labute approximate surface area is 337 Å². The van der Waals surface area contributed by atoms with Gasteiger partial charge in [0, 0.05) is 39.0 Å². The molecule has 1 aliphatic heterocycles. The summed E-state index contributed by atoms with van der Waals surface area (Å²) in [6.45, 7) is 21.4. The van der Waals surface area contributed by atoms with Crippen molar-refractivity contribution in [3.8, 4) is 0 Å². The van der Waals surface area contributed by atoms with Crippen LogP contribution in [0.3, 0.4) is 0 Å². The van der Waals surface area contributed by atoms with Crippen LogP contribution in [-0.4, -0.2) is 134 Å². The number of hydrogen-bond acceptors (Lipinski definition) is 8. The largest absolute Gasteiger partial charge is 0.379 e. The Morgan fingerprint density at radius 2 is 1.55 bits per heavy atom. The van der Waals surface area contributed by atoms with Crippen LogP contribution in [0.4, 0.5) is 5.69 Å². The zero-order valence-electron chi connectivity index (χ0n) is 37.3. The van der Waals surface area contributed by atoms with Gasteiger partial charge in [0.15, 0.2) is 0 Å². The number of methoxy groups -OCH3 is 2. The molecule has 1 aliphatic rings. The van der Waals surface area contributed by atoms with Crippen molar-refractivity contribution in [1.82, 2.24) is 25.3 Å². The van der Waals surface area contributed by atoms with Crippen LogP contribution in [0.25, 0.3) is 0 Å². The Kier molecular flexibility index (Phi) is 18.0. The lowest BCUT2D eigenvalue weighted by Crippen LogP contribution is -2.61. The number of para-hydroxylation sites is 1. The summed E-state index contributed by atoms with van der Waals surface area (Å²) in [5.74, 6) is -2.11. The van der Waals surface area contributed by atoms with E-state index in [1.165, 1.54) is 0 Å². The van der Waals surface area contributed by atoms with Gasteiger partial charge >= 0.3 is 0 Å². The van der Waals surface area contributed by atoms with Gasteiger partial charge in [-0.1, -0.05) is 59.2 Å². The number of benzene rings is 1. The molecule has 13 heteroatoms. The van der Waals surface area contributed by atoms with Crippen LogP contribution in [0.2, 0.25) is 0 Å². The van der Waals surface area contributed by atoms with Crippen LogP contribution in [0.1, 0.15) is 100 Å². The van der Waals surface area contributed by atoms with Gasteiger partial charge in [-0.25, -0.2) is 0 Å². The molecule has 1 aromatic rings. The van der Waals surface area contributed by atoms with E-state index in [1.54, 1.807) is 42.9 Å². The van der Waals surface area contributed by atoms with Crippen molar-refractivity contribution in [2.24, 2.45) is 17.8 Å². The van der Waals surface area contributed by atoms with Crippen LogP contribution < -0.4 is 15.5 Å². The Balaban J connectivity index is 2.26. The molecule has 1 fully saturated rings. The number of anilines is 1. The Hall–Kier alpha value is -3.55. The van der Waals surface area contributed by atoms with Gasteiger partial charge < -0.3 is 34.8 Å². The fourth-order valence-electron chi connectivity index (χ4n) is 7.65. The fourth-order valence-corrected chi connectivity index (χ4v) is 7.65. The second-order valence-electron chi connectivity index (χ2n) is 17.6. The smallest absolute Gasteiger partial charge is 0.246 e. The average molecular weight is 787 g/mol. The van der Waals surface area contributed by atoms with Gasteiger partial charge in [-0.2, -0.15) is 0 Å². The summed E-state index contributed by atoms with van der Waals surface area (Å²) < 4.78 is 12.0. The molecule has 7 atom stereocenters. The van der Waals surface area contributed by atoms with Crippen molar-refractivity contribution in [2.75, 3.05) is 53.4 Å². The minimum Gasteiger partial charge on any atom is -0.379 e. The van der Waals surface area contributed by atoms with Crippen molar-refractivity contribution in [3.05, 3.63) is 29.8 Å². The zero-order chi connectivity index (χ0) is 42.9. The standard InChI is InChI=1S/C43H74N6O7/c1-17-28(4)37(47(14)40(53)36(27(2)3)45-41(54)43(10,11)46(12)13)33(55-15)25-34(50)48-24-20-23-32(48)38(56-16)30(6)39(52)44-26-35(51)49(42(7,8)9)31-22-19-18-21-29(31)5/h18-19,21-22,27-28,30,32-33,36-38H,17,20,23-26H2,1-16H3,(H,44,52)(H,45,54). The lowest BCUT2D eigenvalue weighted by molar-refractivity contribution is -0.148. The van der Waals surface area contributed by atoms with Gasteiger partial charge in [0.05, 0.1) is 48.7 Å². The van der Waals surface area contributed by atoms with E-state index in [4.69, 9.17) is 9.47 Å². The first-order chi connectivity index (χ1) is 26.0. The summed E-state index contributed by atoms with van der Waals surface area (Å²) >= 11 is 0. The predicted octanol–water partition coefficient (Wildman–Crippen LogP) is 4.64. The molecule has 0 aromatic heterocycles. The van der Waals surface area contributed by atoms with Gasteiger partial charge in [0.2, 0.25) is 29.5 Å². The number of amides is 5. The van der Waals surface area contributed by atoms with Gasteiger partial charge in [-0.3, -0.25) is 28.9 Å². The van der Waals surface area contributed by atoms with E-state index in [9.17, 15) is 24.0 Å². The normalized spacial score (nSPS) is 18.2. The number of ether oxygens (including phenoxy) is 2. The molecule has 7 unspecified atom stereocenters. The van der Waals surface area contributed by atoms with Crippen LogP contribution in [-0.2, 0) is 33.4 Å². The molecule has 0 bridgehead atoms. The molecule has 1 saturated heterocycles. The van der Waals surface area contributed by atoms with Crippen molar-refractivity contribution in [1.29, 1.82) is 0 Å². The van der Waals surface area contributed by atoms with Crippen LogP contribution in [0.15, 0.2) is 24.3 Å². The SMILES string of the molecule is CCC(C)C(C(CC(=O)N1CCCC1C(OC)C(C)C(=O)NCC(=O)N(c1ccccc1C)C(C)(C)C)OC)N(C)C(=O)C(NC(=O)C(C)(C)N(C)C)C(C)C. The van der Waals surface area contributed by atoms with E-state index in [2.05, 4.69) is 10.6 Å². The number of nitrogens with zero attached hydrogens (tertiary/aromatic N) is 4. The molecule has 0 saturated carbocycles. The number of likely N-dealkylation sites (N-methyl/N-ethyl adjacent to an activating group) is 2. The topological polar surface area (TPSA) is 141 Å². The van der Waals surface area contributed by atoms with E-state index in [0.717, 1.165) is 24.1 Å². The van der Waals surface area contributed by atoms with E-state index in [-0.39, 0.29) is 60.4 Å². The third-order valence-electron chi connectivity index (χ3n) is 11.8. The van der Waals surface area contributed by atoms with E-state index < -0.39 is 41.3 Å². The molecule has 1 heterocycles. The van der Waals surface area contributed by atoms with Crippen molar-refractivity contribution in [2.45, 2.75) is 143 Å². The maximum absolute atomic E-state index is 14.2. The van der Waals surface area contributed by atoms with Crippen molar-refractivity contribution < 1.29 is 33.4 Å². The first-order valence-corrected chi connectivity index (χ1v) is 20.2. The van der Waals surface area contributed by atoms with Crippen LogP contribution in [0, 0.1) is 24.7 Å². The summed E-state index contributed by atoms with van der Waals surface area (Å²) in [6.07, 6.45) is 0.873. The first kappa shape index (κ1) is 48.6. The number of rotatable bonds is 19. The highest BCUT2D eigenvalue weighted by atomic mass is 16.5. The third-order valence-corrected chi connectivity index (χ3v) is 11.8. The Bertz CT molecular complexity index is 1490. The van der Waals surface area contributed by atoms with Crippen molar-refractivity contribution >= 4 is 35.2 Å². The number of likely N-dealkylation sites (tertiary alicyclic amines) is 1. The molecule has 56 heavy (non-hydrogen) atoms. The highest BCUT2D eigenvalue weighted by Gasteiger charge is 2.43. The fraction of sp³-hybridized carbons (Fsp3) is 0.744. The second-order valence-corrected chi connectivity index (χ2v) is 17.6. The van der Waals surface area contributed by atoms with E-state index >= 15 is 0 Å². The maximum atomic E-state index is 14.2. The lowest BCUT2D eigenvalue weighted by atomic mass is 9.89. The summed E-state index contributed by atoms with van der Waals surface area (Å²) in [5.41, 5.74) is 0.391. The van der Waals surface area contributed by atoms with Crippen molar-refractivity contribution in [3.63, 3.8) is 0 Å². The molecule has 0 spiro atoms. The number of hydrogen-bond donors (Lipinski definition) is 2. The predicted molar refractivity (Wildman–Crippen MR) is 222 cm³/mol. The molecule has 1 aromatic carbocycles. The number of nitrogens with one attached hydrogen (secondary N) is 2. The lowest BCUT2D eigenvalue weighted by Gasteiger charge is -2.41. The van der Waals surface area contributed by atoms with E-state index in [1.807, 2.05) is 112 Å². The molecule has 5 amide bonds. The van der Waals surface area contributed by atoms with Crippen LogP contribution in [0.5, 0.6) is 0 Å². The quantitative estimate of drug-likeness (QED) is 0.207. The first-order valence-electron chi connectivity index (χ1n) is 20.2. The summed E-state index contributed by atoms with van der Waals surface area (Å²) in [6, 6.07) is 6.06. The molecule has 318 valence electrons. The molecule has 0 aliphatic carbocycles. The van der Waals surface area contributed by atoms with E-state index in [0.29, 0.717) is 13.0 Å².